The molecule has 0 fully saturated rings. The van der Waals surface area contributed by atoms with Gasteiger partial charge in [-0.05, 0) is 37.6 Å². The number of rotatable bonds is 3. The zero-order valence-electron chi connectivity index (χ0n) is 11.9. The number of nitriles is 1. The van der Waals surface area contributed by atoms with E-state index in [1.165, 1.54) is 6.40 Å². The summed E-state index contributed by atoms with van der Waals surface area (Å²) in [6, 6.07) is 11.9. The quantitative estimate of drug-likeness (QED) is 0.545. The summed E-state index contributed by atoms with van der Waals surface area (Å²) in [4.78, 5) is 8.91. The summed E-state index contributed by atoms with van der Waals surface area (Å²) >= 11 is 0. The van der Waals surface area contributed by atoms with Crippen molar-refractivity contribution in [1.82, 2.24) is 9.38 Å². The van der Waals surface area contributed by atoms with E-state index in [1.54, 1.807) is 0 Å². The van der Waals surface area contributed by atoms with Gasteiger partial charge in [0.1, 0.15) is 11.9 Å². The number of nitrogens with zero attached hydrogens (tertiary/aromatic N) is 4. The molecule has 21 heavy (non-hydrogen) atoms. The lowest BCUT2D eigenvalue weighted by Gasteiger charge is -2.05. The van der Waals surface area contributed by atoms with E-state index in [1.807, 2.05) is 48.6 Å². The van der Waals surface area contributed by atoms with Crippen molar-refractivity contribution in [2.45, 2.75) is 13.8 Å². The van der Waals surface area contributed by atoms with Gasteiger partial charge in [0, 0.05) is 0 Å². The number of aliphatic imine (C=N–C) groups is 1. The molecule has 0 radical (unpaired) electrons. The molecule has 2 aromatic heterocycles. The van der Waals surface area contributed by atoms with Crippen LogP contribution in [0.15, 0.2) is 35.3 Å². The molecule has 3 rings (SSSR count). The number of imidazole rings is 1. The van der Waals surface area contributed by atoms with E-state index >= 15 is 0 Å². The van der Waals surface area contributed by atoms with Gasteiger partial charge < -0.3 is 4.74 Å². The van der Waals surface area contributed by atoms with Gasteiger partial charge in [0.25, 0.3) is 0 Å². The van der Waals surface area contributed by atoms with E-state index < -0.39 is 0 Å². The van der Waals surface area contributed by atoms with Gasteiger partial charge >= 0.3 is 0 Å². The van der Waals surface area contributed by atoms with Crippen LogP contribution >= 0.6 is 0 Å². The first-order valence-electron chi connectivity index (χ1n) is 6.71. The third kappa shape index (κ3) is 2.11. The maximum Gasteiger partial charge on any atom is 0.176 e. The van der Waals surface area contributed by atoms with Crippen LogP contribution in [-0.4, -0.2) is 22.4 Å². The smallest absolute Gasteiger partial charge is 0.176 e. The van der Waals surface area contributed by atoms with Gasteiger partial charge in [-0.1, -0.05) is 12.1 Å². The number of aryl methyl sites for hydroxylation is 1. The standard InChI is InChI=1S/C16H14N4O/c1-3-21-10-18-15-8-11(2)12(9-17)16-19-13-6-4-5-7-14(13)20(15)16/h4-8,10H,3H2,1-2H3/b18-10+. The fourth-order valence-electron chi connectivity index (χ4n) is 2.33. The highest BCUT2D eigenvalue weighted by atomic mass is 16.5. The number of hydrogen-bond donors (Lipinski definition) is 0. The number of pyridine rings is 1. The molecular weight excluding hydrogens is 264 g/mol. The number of hydrogen-bond acceptors (Lipinski definition) is 4. The Hall–Kier alpha value is -2.87. The minimum absolute atomic E-state index is 0.562. The Kier molecular flexibility index (Phi) is 3.28. The van der Waals surface area contributed by atoms with Crippen LogP contribution in [0.2, 0.25) is 0 Å². The Bertz CT molecular complexity index is 887. The molecule has 5 nitrogen and oxygen atoms in total. The first kappa shape index (κ1) is 13.1. The van der Waals surface area contributed by atoms with Crippen LogP contribution in [0.25, 0.3) is 16.7 Å². The van der Waals surface area contributed by atoms with Crippen molar-refractivity contribution >= 4 is 28.9 Å². The fourth-order valence-corrected chi connectivity index (χ4v) is 2.33. The predicted octanol–water partition coefficient (Wildman–Crippen LogP) is 3.36. The Morgan fingerprint density at radius 2 is 2.24 bits per heavy atom. The van der Waals surface area contributed by atoms with E-state index in [0.717, 1.165) is 16.6 Å². The fraction of sp³-hybridized carbons (Fsp3) is 0.188. The maximum atomic E-state index is 9.38. The van der Waals surface area contributed by atoms with Gasteiger partial charge in [0.15, 0.2) is 12.0 Å². The van der Waals surface area contributed by atoms with Crippen LogP contribution in [0.3, 0.4) is 0 Å². The van der Waals surface area contributed by atoms with E-state index in [9.17, 15) is 5.26 Å². The van der Waals surface area contributed by atoms with Crippen LogP contribution < -0.4 is 0 Å². The molecule has 0 amide bonds. The number of ether oxygens (including phenoxy) is 1. The second kappa shape index (κ2) is 5.25. The van der Waals surface area contributed by atoms with Gasteiger partial charge in [0.2, 0.25) is 0 Å². The van der Waals surface area contributed by atoms with Crippen molar-refractivity contribution in [3.8, 4) is 6.07 Å². The Labute approximate surface area is 122 Å². The average Bonchev–Trinajstić information content (AvgIpc) is 2.86. The molecule has 1 aromatic carbocycles. The molecule has 0 aliphatic rings. The molecule has 3 aromatic rings. The predicted molar refractivity (Wildman–Crippen MR) is 81.9 cm³/mol. The highest BCUT2D eigenvalue weighted by Crippen LogP contribution is 2.27. The highest BCUT2D eigenvalue weighted by molar-refractivity contribution is 5.85. The number of fused-ring (bicyclic) bond motifs is 3. The van der Waals surface area contributed by atoms with Crippen LogP contribution in [0, 0.1) is 18.3 Å². The molecule has 0 aliphatic carbocycles. The topological polar surface area (TPSA) is 62.7 Å². The van der Waals surface area contributed by atoms with Gasteiger partial charge in [-0.25, -0.2) is 9.98 Å². The van der Waals surface area contributed by atoms with Crippen molar-refractivity contribution < 1.29 is 4.74 Å². The van der Waals surface area contributed by atoms with Crippen molar-refractivity contribution in [2.75, 3.05) is 6.61 Å². The minimum atomic E-state index is 0.562. The lowest BCUT2D eigenvalue weighted by atomic mass is 10.1. The summed E-state index contributed by atoms with van der Waals surface area (Å²) in [5.41, 5.74) is 3.81. The van der Waals surface area contributed by atoms with Crippen molar-refractivity contribution in [1.29, 1.82) is 5.26 Å². The molecule has 104 valence electrons. The van der Waals surface area contributed by atoms with E-state index in [-0.39, 0.29) is 0 Å². The molecule has 0 saturated carbocycles. The van der Waals surface area contributed by atoms with Crippen LogP contribution in [0.4, 0.5) is 5.82 Å². The molecule has 0 unspecified atom stereocenters. The Morgan fingerprint density at radius 1 is 1.43 bits per heavy atom. The Balaban J connectivity index is 2.39. The molecule has 0 spiro atoms. The normalized spacial score (nSPS) is 11.3. The molecule has 0 aliphatic heterocycles. The summed E-state index contributed by atoms with van der Waals surface area (Å²) < 4.78 is 7.07. The molecule has 5 heteroatoms. The van der Waals surface area contributed by atoms with Gasteiger partial charge in [0.05, 0.1) is 23.2 Å². The monoisotopic (exact) mass is 278 g/mol. The molecule has 0 atom stereocenters. The molecular formula is C16H14N4O. The van der Waals surface area contributed by atoms with Crippen LogP contribution in [0.1, 0.15) is 18.1 Å². The zero-order chi connectivity index (χ0) is 14.8. The maximum absolute atomic E-state index is 9.38. The largest absolute Gasteiger partial charge is 0.483 e. The summed E-state index contributed by atoms with van der Waals surface area (Å²) in [5.74, 6) is 0.698. The Morgan fingerprint density at radius 3 is 3.00 bits per heavy atom. The zero-order valence-corrected chi connectivity index (χ0v) is 11.9. The second-order valence-electron chi connectivity index (χ2n) is 4.62. The van der Waals surface area contributed by atoms with Gasteiger partial charge in [-0.2, -0.15) is 5.26 Å². The summed E-state index contributed by atoms with van der Waals surface area (Å²) in [7, 11) is 0. The number of benzene rings is 1. The van der Waals surface area contributed by atoms with Crippen LogP contribution in [0.5, 0.6) is 0 Å². The van der Waals surface area contributed by atoms with E-state index in [0.29, 0.717) is 23.6 Å². The lowest BCUT2D eigenvalue weighted by Crippen LogP contribution is -1.95. The molecule has 2 heterocycles. The first-order valence-corrected chi connectivity index (χ1v) is 6.71. The SMILES string of the molecule is CCO/C=N/c1cc(C)c(C#N)c2nc3ccccc3n12. The van der Waals surface area contributed by atoms with Crippen LogP contribution in [-0.2, 0) is 4.74 Å². The highest BCUT2D eigenvalue weighted by Gasteiger charge is 2.14. The van der Waals surface area contributed by atoms with Gasteiger partial charge in [-0.3, -0.25) is 4.40 Å². The van der Waals surface area contributed by atoms with Crippen molar-refractivity contribution in [2.24, 2.45) is 4.99 Å². The molecule has 0 saturated heterocycles. The summed E-state index contributed by atoms with van der Waals surface area (Å²) in [6.07, 6.45) is 1.43. The molecule has 0 bridgehead atoms. The third-order valence-corrected chi connectivity index (χ3v) is 3.29. The first-order chi connectivity index (χ1) is 10.3. The van der Waals surface area contributed by atoms with Gasteiger partial charge in [-0.15, -0.1) is 0 Å². The number of para-hydroxylation sites is 2. The minimum Gasteiger partial charge on any atom is -0.483 e. The number of aromatic nitrogens is 2. The van der Waals surface area contributed by atoms with E-state index in [4.69, 9.17) is 4.74 Å². The average molecular weight is 278 g/mol. The third-order valence-electron chi connectivity index (χ3n) is 3.29. The summed E-state index contributed by atoms with van der Waals surface area (Å²) in [6.45, 7) is 4.35. The molecule has 0 N–H and O–H groups in total. The lowest BCUT2D eigenvalue weighted by molar-refractivity contribution is 0.344. The second-order valence-corrected chi connectivity index (χ2v) is 4.62. The summed E-state index contributed by atoms with van der Waals surface area (Å²) in [5, 5.41) is 9.38. The van der Waals surface area contributed by atoms with Crippen molar-refractivity contribution in [3.63, 3.8) is 0 Å². The van der Waals surface area contributed by atoms with Crippen molar-refractivity contribution in [3.05, 3.63) is 41.5 Å². The van der Waals surface area contributed by atoms with E-state index in [2.05, 4.69) is 16.0 Å².